The van der Waals surface area contributed by atoms with Crippen molar-refractivity contribution in [3.63, 3.8) is 0 Å². The quantitative estimate of drug-likeness (QED) is 0.492. The third kappa shape index (κ3) is 2.65. The number of aromatic nitrogens is 2. The van der Waals surface area contributed by atoms with Crippen LogP contribution in [0.1, 0.15) is 10.4 Å². The van der Waals surface area contributed by atoms with E-state index in [9.17, 15) is 18.0 Å². The molecule has 0 fully saturated rings. The van der Waals surface area contributed by atoms with Crippen LogP contribution in [0.15, 0.2) is 60.8 Å². The van der Waals surface area contributed by atoms with Gasteiger partial charge in [-0.25, -0.2) is 17.7 Å². The van der Waals surface area contributed by atoms with Gasteiger partial charge in [0, 0.05) is 17.3 Å². The first-order valence-corrected chi connectivity index (χ1v) is 7.76. The molecule has 2 aromatic heterocycles. The van der Waals surface area contributed by atoms with Gasteiger partial charge in [-0.2, -0.15) is 5.10 Å². The Morgan fingerprint density at radius 2 is 1.65 bits per heavy atom. The lowest BCUT2D eigenvalue weighted by Crippen LogP contribution is -1.97. The van der Waals surface area contributed by atoms with Gasteiger partial charge in [0.05, 0.1) is 16.8 Å². The van der Waals surface area contributed by atoms with Crippen molar-refractivity contribution in [3.8, 4) is 22.4 Å². The average molecular weight is 352 g/mol. The number of carbonyl (C=O) groups is 1. The molecule has 0 bridgehead atoms. The van der Waals surface area contributed by atoms with Gasteiger partial charge < -0.3 is 0 Å². The molecule has 0 aliphatic carbocycles. The summed E-state index contributed by atoms with van der Waals surface area (Å²) in [6, 6.07) is 13.4. The zero-order chi connectivity index (χ0) is 18.3. The Morgan fingerprint density at radius 3 is 2.38 bits per heavy atom. The number of hydrogen-bond donors (Lipinski definition) is 0. The van der Waals surface area contributed by atoms with Crippen LogP contribution in [0.2, 0.25) is 0 Å². The van der Waals surface area contributed by atoms with Gasteiger partial charge in [-0.05, 0) is 60.2 Å². The van der Waals surface area contributed by atoms with Crippen molar-refractivity contribution in [3.05, 3.63) is 83.8 Å². The standard InChI is InChI=1S/C20H11F3N2O/c21-14-3-1-12(2-4-14)19-10-15-9-13(7-8-25(15)24-19)16-5-6-18(22)17(11-26)20(16)23/h1-11H. The third-order valence-electron chi connectivity index (χ3n) is 4.16. The predicted octanol–water partition coefficient (Wildman–Crippen LogP) is 4.90. The van der Waals surface area contributed by atoms with Crippen LogP contribution in [0.4, 0.5) is 13.2 Å². The zero-order valence-corrected chi connectivity index (χ0v) is 13.3. The Hall–Kier alpha value is -3.41. The van der Waals surface area contributed by atoms with Gasteiger partial charge in [-0.1, -0.05) is 0 Å². The summed E-state index contributed by atoms with van der Waals surface area (Å²) in [6.07, 6.45) is 1.80. The highest BCUT2D eigenvalue weighted by atomic mass is 19.1. The van der Waals surface area contributed by atoms with Crippen LogP contribution < -0.4 is 0 Å². The van der Waals surface area contributed by atoms with Crippen molar-refractivity contribution < 1.29 is 18.0 Å². The second-order valence-electron chi connectivity index (χ2n) is 5.76. The van der Waals surface area contributed by atoms with Crippen LogP contribution in [0.25, 0.3) is 27.9 Å². The predicted molar refractivity (Wildman–Crippen MR) is 91.3 cm³/mol. The summed E-state index contributed by atoms with van der Waals surface area (Å²) < 4.78 is 42.6. The minimum absolute atomic E-state index is 0.125. The molecule has 0 spiro atoms. The van der Waals surface area contributed by atoms with Gasteiger partial charge in [-0.15, -0.1) is 0 Å². The Bertz CT molecular complexity index is 1130. The molecule has 0 saturated carbocycles. The zero-order valence-electron chi connectivity index (χ0n) is 13.3. The maximum Gasteiger partial charge on any atom is 0.155 e. The van der Waals surface area contributed by atoms with Gasteiger partial charge in [0.1, 0.15) is 17.5 Å². The number of pyridine rings is 1. The lowest BCUT2D eigenvalue weighted by atomic mass is 10.0. The molecule has 0 radical (unpaired) electrons. The molecule has 4 rings (SSSR count). The van der Waals surface area contributed by atoms with Gasteiger partial charge in [0.2, 0.25) is 0 Å². The van der Waals surface area contributed by atoms with Crippen molar-refractivity contribution in [2.24, 2.45) is 0 Å². The second-order valence-corrected chi connectivity index (χ2v) is 5.76. The fraction of sp³-hybridized carbons (Fsp3) is 0. The number of hydrogen-bond acceptors (Lipinski definition) is 2. The van der Waals surface area contributed by atoms with E-state index in [2.05, 4.69) is 5.10 Å². The normalized spacial score (nSPS) is 11.0. The number of rotatable bonds is 3. The monoisotopic (exact) mass is 352 g/mol. The highest BCUT2D eigenvalue weighted by Gasteiger charge is 2.15. The fourth-order valence-electron chi connectivity index (χ4n) is 2.82. The molecule has 0 N–H and O–H groups in total. The molecule has 3 nitrogen and oxygen atoms in total. The summed E-state index contributed by atoms with van der Waals surface area (Å²) in [4.78, 5) is 10.9. The summed E-state index contributed by atoms with van der Waals surface area (Å²) in [6.45, 7) is 0. The minimum Gasteiger partial charge on any atom is -0.298 e. The Morgan fingerprint density at radius 1 is 0.885 bits per heavy atom. The molecule has 2 aromatic carbocycles. The summed E-state index contributed by atoms with van der Waals surface area (Å²) in [5, 5.41) is 4.40. The molecule has 26 heavy (non-hydrogen) atoms. The molecule has 4 aromatic rings. The van der Waals surface area contributed by atoms with Gasteiger partial charge in [-0.3, -0.25) is 4.79 Å². The Balaban J connectivity index is 1.81. The van der Waals surface area contributed by atoms with Crippen molar-refractivity contribution >= 4 is 11.8 Å². The van der Waals surface area contributed by atoms with Crippen molar-refractivity contribution in [1.82, 2.24) is 9.61 Å². The number of benzene rings is 2. The molecule has 0 saturated heterocycles. The first-order valence-electron chi connectivity index (χ1n) is 7.76. The molecule has 0 aliphatic rings. The molecule has 128 valence electrons. The number of aldehydes is 1. The maximum atomic E-state index is 14.4. The van der Waals surface area contributed by atoms with Crippen LogP contribution in [-0.4, -0.2) is 15.9 Å². The Kier molecular flexibility index (Phi) is 3.80. The highest BCUT2D eigenvalue weighted by Crippen LogP contribution is 2.28. The van der Waals surface area contributed by atoms with E-state index in [0.29, 0.717) is 16.8 Å². The summed E-state index contributed by atoms with van der Waals surface area (Å²) >= 11 is 0. The van der Waals surface area contributed by atoms with Crippen molar-refractivity contribution in [2.45, 2.75) is 0 Å². The lowest BCUT2D eigenvalue weighted by Gasteiger charge is -2.06. The molecule has 0 amide bonds. The van der Waals surface area contributed by atoms with E-state index in [-0.39, 0.29) is 17.7 Å². The summed E-state index contributed by atoms with van der Waals surface area (Å²) in [7, 11) is 0. The number of carbonyl (C=O) groups excluding carboxylic acids is 1. The molecule has 0 aliphatic heterocycles. The highest BCUT2D eigenvalue weighted by molar-refractivity contribution is 5.81. The van der Waals surface area contributed by atoms with E-state index in [4.69, 9.17) is 0 Å². The number of nitrogens with zero attached hydrogens (tertiary/aromatic N) is 2. The smallest absolute Gasteiger partial charge is 0.155 e. The van der Waals surface area contributed by atoms with E-state index in [0.717, 1.165) is 11.6 Å². The summed E-state index contributed by atoms with van der Waals surface area (Å²) in [5.41, 5.74) is 2.08. The second kappa shape index (κ2) is 6.15. The van der Waals surface area contributed by atoms with E-state index < -0.39 is 17.2 Å². The molecule has 0 atom stereocenters. The SMILES string of the molecule is O=Cc1c(F)ccc(-c2ccn3nc(-c4ccc(F)cc4)cc3c2)c1F. The Labute approximate surface area is 146 Å². The lowest BCUT2D eigenvalue weighted by molar-refractivity contribution is 0.111. The molecule has 6 heteroatoms. The maximum absolute atomic E-state index is 14.4. The number of fused-ring (bicyclic) bond motifs is 1. The topological polar surface area (TPSA) is 34.4 Å². The van der Waals surface area contributed by atoms with Crippen molar-refractivity contribution in [1.29, 1.82) is 0 Å². The molecule has 2 heterocycles. The van der Waals surface area contributed by atoms with E-state index in [1.165, 1.54) is 18.2 Å². The fourth-order valence-corrected chi connectivity index (χ4v) is 2.82. The first kappa shape index (κ1) is 16.1. The number of halogens is 3. The van der Waals surface area contributed by atoms with Crippen LogP contribution in [0.3, 0.4) is 0 Å². The van der Waals surface area contributed by atoms with Gasteiger partial charge in [0.15, 0.2) is 6.29 Å². The molecular weight excluding hydrogens is 341 g/mol. The third-order valence-corrected chi connectivity index (χ3v) is 4.16. The first-order chi connectivity index (χ1) is 12.6. The molecule has 0 unspecified atom stereocenters. The average Bonchev–Trinajstić information content (AvgIpc) is 3.06. The van der Waals surface area contributed by atoms with Gasteiger partial charge >= 0.3 is 0 Å². The minimum atomic E-state index is -0.900. The van der Waals surface area contributed by atoms with Crippen LogP contribution in [0.5, 0.6) is 0 Å². The van der Waals surface area contributed by atoms with E-state index in [1.54, 1.807) is 41.0 Å². The van der Waals surface area contributed by atoms with E-state index in [1.807, 2.05) is 0 Å². The van der Waals surface area contributed by atoms with E-state index >= 15 is 0 Å². The van der Waals surface area contributed by atoms with Gasteiger partial charge in [0.25, 0.3) is 0 Å². The molecular formula is C20H11F3N2O. The van der Waals surface area contributed by atoms with Crippen LogP contribution in [0, 0.1) is 17.5 Å². The van der Waals surface area contributed by atoms with Crippen LogP contribution in [-0.2, 0) is 0 Å². The summed E-state index contributed by atoms with van der Waals surface area (Å²) in [5.74, 6) is -2.13. The van der Waals surface area contributed by atoms with Crippen LogP contribution >= 0.6 is 0 Å². The van der Waals surface area contributed by atoms with Crippen molar-refractivity contribution in [2.75, 3.05) is 0 Å². The largest absolute Gasteiger partial charge is 0.298 e.